The van der Waals surface area contributed by atoms with Crippen molar-refractivity contribution in [2.75, 3.05) is 6.61 Å². The highest BCUT2D eigenvalue weighted by Gasteiger charge is 2.20. The van der Waals surface area contributed by atoms with Crippen LogP contribution >= 0.6 is 0 Å². The maximum Gasteiger partial charge on any atom is 0.123 e. The fourth-order valence-electron chi connectivity index (χ4n) is 2.89. The van der Waals surface area contributed by atoms with Crippen LogP contribution in [0.15, 0.2) is 24.3 Å². The van der Waals surface area contributed by atoms with Crippen molar-refractivity contribution in [2.24, 2.45) is 11.8 Å². The largest absolute Gasteiger partial charge is 0.494 e. The van der Waals surface area contributed by atoms with E-state index < -0.39 is 0 Å². The number of halogens is 1. The van der Waals surface area contributed by atoms with Crippen LogP contribution in [0.4, 0.5) is 4.39 Å². The summed E-state index contributed by atoms with van der Waals surface area (Å²) in [5.41, 5.74) is 0. The van der Waals surface area contributed by atoms with Gasteiger partial charge in [0.05, 0.1) is 6.61 Å². The Balaban J connectivity index is 1.65. The predicted molar refractivity (Wildman–Crippen MR) is 72.3 cm³/mol. The van der Waals surface area contributed by atoms with E-state index in [0.29, 0.717) is 0 Å². The van der Waals surface area contributed by atoms with Crippen molar-refractivity contribution >= 4 is 0 Å². The SMILES string of the molecule is CC1CCCCC1CCCOc1ccc(F)cc1. The van der Waals surface area contributed by atoms with Gasteiger partial charge in [-0.3, -0.25) is 0 Å². The van der Waals surface area contributed by atoms with Gasteiger partial charge in [0, 0.05) is 0 Å². The first-order valence-electron chi connectivity index (χ1n) is 7.14. The minimum Gasteiger partial charge on any atom is -0.494 e. The Kier molecular flexibility index (Phi) is 5.03. The summed E-state index contributed by atoms with van der Waals surface area (Å²) in [4.78, 5) is 0. The van der Waals surface area contributed by atoms with Crippen molar-refractivity contribution in [1.29, 1.82) is 0 Å². The Bertz CT molecular complexity index is 347. The highest BCUT2D eigenvalue weighted by molar-refractivity contribution is 5.21. The zero-order valence-corrected chi connectivity index (χ0v) is 11.2. The van der Waals surface area contributed by atoms with Crippen LogP contribution < -0.4 is 4.74 Å². The number of ether oxygens (including phenoxy) is 1. The second-order valence-corrected chi connectivity index (χ2v) is 5.47. The smallest absolute Gasteiger partial charge is 0.123 e. The summed E-state index contributed by atoms with van der Waals surface area (Å²) in [5, 5.41) is 0. The molecule has 2 unspecified atom stereocenters. The van der Waals surface area contributed by atoms with Crippen LogP contribution in [0.3, 0.4) is 0 Å². The van der Waals surface area contributed by atoms with Gasteiger partial charge in [-0.05, 0) is 48.9 Å². The van der Waals surface area contributed by atoms with Crippen LogP contribution in [0.25, 0.3) is 0 Å². The van der Waals surface area contributed by atoms with E-state index in [2.05, 4.69) is 6.92 Å². The van der Waals surface area contributed by atoms with Gasteiger partial charge in [0.2, 0.25) is 0 Å². The molecule has 1 aliphatic carbocycles. The van der Waals surface area contributed by atoms with Crippen LogP contribution in [-0.2, 0) is 0 Å². The van der Waals surface area contributed by atoms with E-state index in [1.165, 1.54) is 44.2 Å². The van der Waals surface area contributed by atoms with Gasteiger partial charge in [-0.1, -0.05) is 32.6 Å². The molecule has 0 aliphatic heterocycles. The molecule has 1 aromatic carbocycles. The van der Waals surface area contributed by atoms with Crippen molar-refractivity contribution in [3.05, 3.63) is 30.1 Å². The monoisotopic (exact) mass is 250 g/mol. The molecule has 1 aliphatic rings. The first-order valence-corrected chi connectivity index (χ1v) is 7.14. The Morgan fingerprint density at radius 3 is 2.61 bits per heavy atom. The second kappa shape index (κ2) is 6.77. The van der Waals surface area contributed by atoms with Gasteiger partial charge in [-0.15, -0.1) is 0 Å². The molecule has 0 radical (unpaired) electrons. The van der Waals surface area contributed by atoms with Crippen molar-refractivity contribution in [1.82, 2.24) is 0 Å². The lowest BCUT2D eigenvalue weighted by Crippen LogP contribution is -2.17. The molecule has 0 spiro atoms. The van der Waals surface area contributed by atoms with Gasteiger partial charge in [-0.25, -0.2) is 4.39 Å². The zero-order valence-electron chi connectivity index (χ0n) is 11.2. The highest BCUT2D eigenvalue weighted by Crippen LogP contribution is 2.32. The molecule has 18 heavy (non-hydrogen) atoms. The number of hydrogen-bond donors (Lipinski definition) is 0. The van der Waals surface area contributed by atoms with E-state index in [4.69, 9.17) is 4.74 Å². The Morgan fingerprint density at radius 1 is 1.17 bits per heavy atom. The van der Waals surface area contributed by atoms with Crippen molar-refractivity contribution in [3.63, 3.8) is 0 Å². The van der Waals surface area contributed by atoms with Crippen LogP contribution in [0, 0.1) is 17.7 Å². The van der Waals surface area contributed by atoms with Crippen molar-refractivity contribution in [3.8, 4) is 5.75 Å². The van der Waals surface area contributed by atoms with Crippen LogP contribution in [0.5, 0.6) is 5.75 Å². The summed E-state index contributed by atoms with van der Waals surface area (Å²) in [5.74, 6) is 2.33. The maximum absolute atomic E-state index is 12.7. The van der Waals surface area contributed by atoms with Gasteiger partial charge < -0.3 is 4.74 Å². The highest BCUT2D eigenvalue weighted by atomic mass is 19.1. The summed E-state index contributed by atoms with van der Waals surface area (Å²) in [7, 11) is 0. The molecule has 2 rings (SSSR count). The minimum absolute atomic E-state index is 0.210. The standard InChI is InChI=1S/C16H23FO/c1-13-5-2-3-6-14(13)7-4-12-18-16-10-8-15(17)9-11-16/h8-11,13-14H,2-7,12H2,1H3. The molecular formula is C16H23FO. The number of rotatable bonds is 5. The van der Waals surface area contributed by atoms with E-state index in [0.717, 1.165) is 30.6 Å². The molecule has 0 heterocycles. The van der Waals surface area contributed by atoms with Crippen molar-refractivity contribution < 1.29 is 9.13 Å². The van der Waals surface area contributed by atoms with Crippen molar-refractivity contribution in [2.45, 2.75) is 45.4 Å². The summed E-state index contributed by atoms with van der Waals surface area (Å²) in [6.07, 6.45) is 7.95. The van der Waals surface area contributed by atoms with Gasteiger partial charge in [0.1, 0.15) is 11.6 Å². The first kappa shape index (κ1) is 13.4. The van der Waals surface area contributed by atoms with Crippen LogP contribution in [0.1, 0.15) is 45.4 Å². The summed E-state index contributed by atoms with van der Waals surface area (Å²) >= 11 is 0. The maximum atomic E-state index is 12.7. The second-order valence-electron chi connectivity index (χ2n) is 5.47. The van der Waals surface area contributed by atoms with E-state index in [9.17, 15) is 4.39 Å². The Hall–Kier alpha value is -1.05. The average molecular weight is 250 g/mol. The third-order valence-corrected chi connectivity index (χ3v) is 4.09. The normalized spacial score (nSPS) is 23.9. The molecule has 0 bridgehead atoms. The fourth-order valence-corrected chi connectivity index (χ4v) is 2.89. The Labute approximate surface area is 109 Å². The van der Waals surface area contributed by atoms with E-state index in [1.54, 1.807) is 12.1 Å². The lowest BCUT2D eigenvalue weighted by molar-refractivity contribution is 0.217. The molecule has 1 saturated carbocycles. The lowest BCUT2D eigenvalue weighted by Gasteiger charge is -2.28. The summed E-state index contributed by atoms with van der Waals surface area (Å²) < 4.78 is 18.3. The quantitative estimate of drug-likeness (QED) is 0.681. The molecule has 100 valence electrons. The molecule has 0 aromatic heterocycles. The number of benzene rings is 1. The minimum atomic E-state index is -0.210. The molecule has 0 amide bonds. The van der Waals surface area contributed by atoms with Crippen LogP contribution in [-0.4, -0.2) is 6.61 Å². The number of hydrogen-bond acceptors (Lipinski definition) is 1. The van der Waals surface area contributed by atoms with Gasteiger partial charge in [-0.2, -0.15) is 0 Å². The molecular weight excluding hydrogens is 227 g/mol. The topological polar surface area (TPSA) is 9.23 Å². The average Bonchev–Trinajstić information content (AvgIpc) is 2.39. The summed E-state index contributed by atoms with van der Waals surface area (Å²) in [6, 6.07) is 6.27. The molecule has 0 N–H and O–H groups in total. The van der Waals surface area contributed by atoms with Gasteiger partial charge in [0.25, 0.3) is 0 Å². The first-order chi connectivity index (χ1) is 8.75. The molecule has 1 nitrogen and oxygen atoms in total. The lowest BCUT2D eigenvalue weighted by atomic mass is 9.78. The third-order valence-electron chi connectivity index (χ3n) is 4.09. The van der Waals surface area contributed by atoms with E-state index >= 15 is 0 Å². The van der Waals surface area contributed by atoms with E-state index in [1.807, 2.05) is 0 Å². The molecule has 1 aromatic rings. The summed E-state index contributed by atoms with van der Waals surface area (Å²) in [6.45, 7) is 3.12. The molecule has 2 heteroatoms. The third kappa shape index (κ3) is 4.01. The predicted octanol–water partition coefficient (Wildman–Crippen LogP) is 4.81. The molecule has 2 atom stereocenters. The van der Waals surface area contributed by atoms with E-state index in [-0.39, 0.29) is 5.82 Å². The van der Waals surface area contributed by atoms with Gasteiger partial charge >= 0.3 is 0 Å². The molecule has 0 saturated heterocycles. The molecule has 1 fully saturated rings. The fraction of sp³-hybridized carbons (Fsp3) is 0.625. The van der Waals surface area contributed by atoms with Gasteiger partial charge in [0.15, 0.2) is 0 Å². The van der Waals surface area contributed by atoms with Crippen LogP contribution in [0.2, 0.25) is 0 Å². The Morgan fingerprint density at radius 2 is 1.89 bits per heavy atom. The zero-order chi connectivity index (χ0) is 12.8.